The van der Waals surface area contributed by atoms with Crippen molar-refractivity contribution >= 4 is 41.7 Å². The van der Waals surface area contributed by atoms with E-state index in [1.165, 1.54) is 0 Å². The number of rotatable bonds is 7. The van der Waals surface area contributed by atoms with Gasteiger partial charge in [0.2, 0.25) is 0 Å². The Hall–Kier alpha value is -4.22. The number of hydrogen-bond donors (Lipinski definition) is 1. The molecule has 1 unspecified atom stereocenters. The summed E-state index contributed by atoms with van der Waals surface area (Å²) in [6, 6.07) is 24.4. The Labute approximate surface area is 232 Å². The number of para-hydroxylation sites is 1. The molecule has 2 aromatic heterocycles. The zero-order valence-electron chi connectivity index (χ0n) is 20.3. The SMILES string of the molecule is Cl.Cl.Cn1cncc1C(OCc1ccc(C(=O)O)cc1)c1ccc(C#N)c(-c2cccc3cccnc23)c1. The topological polar surface area (TPSA) is 101 Å². The largest absolute Gasteiger partial charge is 0.478 e. The zero-order valence-corrected chi connectivity index (χ0v) is 21.9. The summed E-state index contributed by atoms with van der Waals surface area (Å²) in [6.07, 6.45) is 4.76. The second-order valence-corrected chi connectivity index (χ2v) is 8.42. The summed E-state index contributed by atoms with van der Waals surface area (Å²) in [5, 5.41) is 20.0. The first-order valence-corrected chi connectivity index (χ1v) is 11.3. The highest BCUT2D eigenvalue weighted by molar-refractivity contribution is 5.95. The third-order valence-electron chi connectivity index (χ3n) is 6.13. The number of fused-ring (bicyclic) bond motifs is 1. The number of aryl methyl sites for hydroxylation is 1. The first-order valence-electron chi connectivity index (χ1n) is 11.3. The quantitative estimate of drug-likeness (QED) is 0.255. The standard InChI is InChI=1S/C29H22N4O3.2ClH/c1-33-18-31-16-26(33)28(36-17-19-7-9-21(10-8-19)29(34)35)22-11-12-23(15-30)25(14-22)24-6-2-4-20-5-3-13-32-27(20)24;;/h2-14,16,18,28H,17H2,1H3,(H,34,35);2*1H. The fourth-order valence-corrected chi connectivity index (χ4v) is 4.26. The number of carbonyl (C=O) groups is 1. The predicted octanol–water partition coefficient (Wildman–Crippen LogP) is 6.35. The molecule has 9 heteroatoms. The van der Waals surface area contributed by atoms with Crippen LogP contribution in [0.1, 0.15) is 38.8 Å². The van der Waals surface area contributed by atoms with Gasteiger partial charge in [-0.25, -0.2) is 9.78 Å². The van der Waals surface area contributed by atoms with Crippen LogP contribution >= 0.6 is 24.8 Å². The number of benzene rings is 3. The monoisotopic (exact) mass is 546 g/mol. The number of ether oxygens (including phenoxy) is 1. The molecule has 1 atom stereocenters. The third-order valence-corrected chi connectivity index (χ3v) is 6.13. The average molecular weight is 547 g/mol. The molecular formula is C29H24Cl2N4O3. The van der Waals surface area contributed by atoms with Gasteiger partial charge < -0.3 is 14.4 Å². The highest BCUT2D eigenvalue weighted by atomic mass is 35.5. The van der Waals surface area contributed by atoms with E-state index in [9.17, 15) is 10.1 Å². The van der Waals surface area contributed by atoms with Gasteiger partial charge in [-0.1, -0.05) is 42.5 Å². The summed E-state index contributed by atoms with van der Waals surface area (Å²) in [6.45, 7) is 0.265. The van der Waals surface area contributed by atoms with Gasteiger partial charge in [0.1, 0.15) is 6.10 Å². The van der Waals surface area contributed by atoms with E-state index >= 15 is 0 Å². The highest BCUT2D eigenvalue weighted by Gasteiger charge is 2.21. The minimum atomic E-state index is -0.969. The van der Waals surface area contributed by atoms with Crippen LogP contribution in [0.15, 0.2) is 91.5 Å². The number of carboxylic acid groups (broad SMARTS) is 1. The lowest BCUT2D eigenvalue weighted by Crippen LogP contribution is -2.11. The zero-order chi connectivity index (χ0) is 25.1. The molecule has 7 nitrogen and oxygen atoms in total. The van der Waals surface area contributed by atoms with Crippen molar-refractivity contribution in [2.24, 2.45) is 7.05 Å². The number of imidazole rings is 1. The Morgan fingerprint density at radius 2 is 1.82 bits per heavy atom. The molecule has 0 amide bonds. The first-order chi connectivity index (χ1) is 17.5. The Balaban J connectivity index is 0.00000200. The molecule has 0 aliphatic rings. The fraction of sp³-hybridized carbons (Fsp3) is 0.103. The first kappa shape index (κ1) is 28.4. The van der Waals surface area contributed by atoms with Crippen LogP contribution < -0.4 is 0 Å². The molecular weight excluding hydrogens is 523 g/mol. The summed E-state index contributed by atoms with van der Waals surface area (Å²) in [4.78, 5) is 20.0. The number of aromatic nitrogens is 3. The van der Waals surface area contributed by atoms with Crippen molar-refractivity contribution in [1.29, 1.82) is 5.26 Å². The molecule has 0 aliphatic heterocycles. The van der Waals surface area contributed by atoms with Gasteiger partial charge in [-0.2, -0.15) is 5.26 Å². The van der Waals surface area contributed by atoms with E-state index in [-0.39, 0.29) is 37.0 Å². The molecule has 0 bridgehead atoms. The lowest BCUT2D eigenvalue weighted by atomic mass is 9.93. The number of nitriles is 1. The van der Waals surface area contributed by atoms with Crippen LogP contribution in [0.3, 0.4) is 0 Å². The maximum Gasteiger partial charge on any atom is 0.335 e. The smallest absolute Gasteiger partial charge is 0.335 e. The summed E-state index contributed by atoms with van der Waals surface area (Å²) in [5.74, 6) is -0.969. The summed E-state index contributed by atoms with van der Waals surface area (Å²) >= 11 is 0. The van der Waals surface area contributed by atoms with Gasteiger partial charge in [0.15, 0.2) is 0 Å². The van der Waals surface area contributed by atoms with Crippen molar-refractivity contribution in [2.75, 3.05) is 0 Å². The lowest BCUT2D eigenvalue weighted by Gasteiger charge is -2.20. The van der Waals surface area contributed by atoms with Gasteiger partial charge in [0, 0.05) is 29.8 Å². The molecule has 2 heterocycles. The van der Waals surface area contributed by atoms with Crippen molar-refractivity contribution in [3.63, 3.8) is 0 Å². The molecule has 0 radical (unpaired) electrons. The van der Waals surface area contributed by atoms with Crippen molar-refractivity contribution in [3.8, 4) is 17.2 Å². The summed E-state index contributed by atoms with van der Waals surface area (Å²) in [5.41, 5.74) is 5.81. The van der Waals surface area contributed by atoms with Crippen LogP contribution in [0.5, 0.6) is 0 Å². The van der Waals surface area contributed by atoms with Gasteiger partial charge in [-0.3, -0.25) is 4.98 Å². The molecule has 5 aromatic rings. The number of hydrogen-bond acceptors (Lipinski definition) is 5. The second-order valence-electron chi connectivity index (χ2n) is 8.42. The third kappa shape index (κ3) is 5.68. The average Bonchev–Trinajstić information content (AvgIpc) is 3.34. The van der Waals surface area contributed by atoms with Crippen LogP contribution in [-0.2, 0) is 18.4 Å². The van der Waals surface area contributed by atoms with Crippen LogP contribution in [0.4, 0.5) is 0 Å². The van der Waals surface area contributed by atoms with Crippen LogP contribution in [-0.4, -0.2) is 25.6 Å². The maximum atomic E-state index is 11.2. The Morgan fingerprint density at radius 1 is 1.05 bits per heavy atom. The predicted molar refractivity (Wildman–Crippen MR) is 150 cm³/mol. The molecule has 0 aliphatic carbocycles. The Kier molecular flexibility index (Phi) is 9.21. The minimum Gasteiger partial charge on any atom is -0.478 e. The molecule has 3 aromatic carbocycles. The van der Waals surface area contributed by atoms with Crippen molar-refractivity contribution in [3.05, 3.63) is 119 Å². The number of halogens is 2. The van der Waals surface area contributed by atoms with Crippen LogP contribution in [0.2, 0.25) is 0 Å². The maximum absolute atomic E-state index is 11.2. The highest BCUT2D eigenvalue weighted by Crippen LogP contribution is 2.34. The molecule has 0 spiro atoms. The van der Waals surface area contributed by atoms with E-state index in [2.05, 4.69) is 16.0 Å². The molecule has 1 N–H and O–H groups in total. The van der Waals surface area contributed by atoms with Crippen LogP contribution in [0.25, 0.3) is 22.0 Å². The van der Waals surface area contributed by atoms with E-state index in [0.717, 1.165) is 38.9 Å². The minimum absolute atomic E-state index is 0. The van der Waals surface area contributed by atoms with Gasteiger partial charge in [-0.15, -0.1) is 24.8 Å². The molecule has 192 valence electrons. The van der Waals surface area contributed by atoms with Crippen molar-refractivity contribution in [2.45, 2.75) is 12.7 Å². The van der Waals surface area contributed by atoms with E-state index in [4.69, 9.17) is 9.84 Å². The Bertz CT molecular complexity index is 1610. The van der Waals surface area contributed by atoms with E-state index in [1.54, 1.807) is 49.1 Å². The number of nitrogens with zero attached hydrogens (tertiary/aromatic N) is 4. The fourth-order valence-electron chi connectivity index (χ4n) is 4.26. The summed E-state index contributed by atoms with van der Waals surface area (Å²) < 4.78 is 8.28. The number of pyridine rings is 1. The van der Waals surface area contributed by atoms with Crippen molar-refractivity contribution < 1.29 is 14.6 Å². The lowest BCUT2D eigenvalue weighted by molar-refractivity contribution is 0.0620. The molecule has 0 fully saturated rings. The van der Waals surface area contributed by atoms with Gasteiger partial charge >= 0.3 is 5.97 Å². The van der Waals surface area contributed by atoms with E-state index < -0.39 is 12.1 Å². The van der Waals surface area contributed by atoms with E-state index in [0.29, 0.717) is 5.56 Å². The van der Waals surface area contributed by atoms with Gasteiger partial charge in [0.05, 0.1) is 47.5 Å². The Morgan fingerprint density at radius 3 is 2.50 bits per heavy atom. The number of aromatic carboxylic acids is 1. The molecule has 0 saturated heterocycles. The van der Waals surface area contributed by atoms with E-state index in [1.807, 2.05) is 54.1 Å². The van der Waals surface area contributed by atoms with Crippen molar-refractivity contribution in [1.82, 2.24) is 14.5 Å². The molecule has 0 saturated carbocycles. The second kappa shape index (κ2) is 12.3. The van der Waals surface area contributed by atoms with Gasteiger partial charge in [0.25, 0.3) is 0 Å². The molecule has 38 heavy (non-hydrogen) atoms. The molecule has 5 rings (SSSR count). The number of carboxylic acids is 1. The summed E-state index contributed by atoms with van der Waals surface area (Å²) in [7, 11) is 1.90. The normalized spacial score (nSPS) is 11.2. The van der Waals surface area contributed by atoms with Gasteiger partial charge in [-0.05, 0) is 41.5 Å². The van der Waals surface area contributed by atoms with Crippen LogP contribution in [0, 0.1) is 11.3 Å².